The minimum Gasteiger partial charge on any atom is -0.474 e. The van der Waals surface area contributed by atoms with Crippen LogP contribution in [0.25, 0.3) is 0 Å². The molecule has 2 saturated heterocycles. The van der Waals surface area contributed by atoms with Gasteiger partial charge in [-0.3, -0.25) is 14.6 Å². The van der Waals surface area contributed by atoms with Gasteiger partial charge in [-0.1, -0.05) is 12.1 Å². The quantitative estimate of drug-likeness (QED) is 0.399. The lowest BCUT2D eigenvalue weighted by Crippen LogP contribution is -2.64. The number of hydrogen-bond donors (Lipinski definition) is 2. The number of halogens is 1. The number of aliphatic hydroxyl groups is 1. The van der Waals surface area contributed by atoms with Crippen LogP contribution in [-0.2, 0) is 27.3 Å². The van der Waals surface area contributed by atoms with E-state index in [4.69, 9.17) is 14.2 Å². The molecule has 2 N–H and O–H groups in total. The summed E-state index contributed by atoms with van der Waals surface area (Å²) in [5.41, 5.74) is 2.51. The molecule has 2 fully saturated rings. The minimum absolute atomic E-state index is 0.0313. The van der Waals surface area contributed by atoms with Gasteiger partial charge in [0.15, 0.2) is 0 Å². The molecule has 12 nitrogen and oxygen atoms in total. The number of fused-ring (bicyclic) bond motifs is 1. The maximum atomic E-state index is 14.2. The molecule has 1 aromatic carbocycles. The molecule has 2 amide bonds. The normalized spacial score (nSPS) is 24.2. The summed E-state index contributed by atoms with van der Waals surface area (Å²) in [5.74, 6) is -0.204. The van der Waals surface area contributed by atoms with Crippen LogP contribution in [0.15, 0.2) is 30.3 Å². The van der Waals surface area contributed by atoms with Crippen molar-refractivity contribution in [2.75, 3.05) is 64.1 Å². The Morgan fingerprint density at radius 1 is 1.09 bits per heavy atom. The van der Waals surface area contributed by atoms with Crippen LogP contribution >= 0.6 is 0 Å². The maximum Gasteiger partial charge on any atom is 0.407 e. The van der Waals surface area contributed by atoms with E-state index < -0.39 is 6.09 Å². The van der Waals surface area contributed by atoms with E-state index in [0.29, 0.717) is 62.8 Å². The summed E-state index contributed by atoms with van der Waals surface area (Å²) >= 11 is 0. The number of ether oxygens (including phenoxy) is 3. The Morgan fingerprint density at radius 3 is 2.54 bits per heavy atom. The highest BCUT2D eigenvalue weighted by molar-refractivity contribution is 5.97. The first-order chi connectivity index (χ1) is 22.0. The van der Waals surface area contributed by atoms with Crippen LogP contribution < -0.4 is 9.64 Å². The number of carbonyl (C=O) groups is 2. The lowest BCUT2D eigenvalue weighted by Gasteiger charge is -2.47. The fourth-order valence-electron chi connectivity index (χ4n) is 6.49. The maximum absolute atomic E-state index is 14.2. The number of benzene rings is 1. The number of amides is 2. The highest BCUT2D eigenvalue weighted by Gasteiger charge is 2.40. The average molecular weight is 644 g/mol. The monoisotopic (exact) mass is 643 g/mol. The molecule has 13 heteroatoms. The SMILES string of the molecule is CC(C)OCC1COCCN1C[C@H]1CN(C(=O)O)[C@H](C)CN1CC(=O)N1c2cc(Cc3ccc(F)cc3)c(CO)nc2OCC1C. The van der Waals surface area contributed by atoms with Crippen molar-refractivity contribution in [3.05, 3.63) is 53.0 Å². The molecule has 46 heavy (non-hydrogen) atoms. The molecular formula is C33H46FN5O7. The summed E-state index contributed by atoms with van der Waals surface area (Å²) in [5, 5.41) is 20.0. The Kier molecular flexibility index (Phi) is 11.1. The van der Waals surface area contributed by atoms with Crippen molar-refractivity contribution >= 4 is 17.7 Å². The average Bonchev–Trinajstić information content (AvgIpc) is 3.02. The lowest BCUT2D eigenvalue weighted by atomic mass is 10.0. The van der Waals surface area contributed by atoms with Gasteiger partial charge in [-0.2, -0.15) is 0 Å². The molecule has 0 aliphatic carbocycles. The van der Waals surface area contributed by atoms with Crippen molar-refractivity contribution in [3.63, 3.8) is 0 Å². The number of aromatic nitrogens is 1. The fourth-order valence-corrected chi connectivity index (χ4v) is 6.49. The van der Waals surface area contributed by atoms with E-state index in [1.165, 1.54) is 17.0 Å². The molecule has 1 aromatic heterocycles. The lowest BCUT2D eigenvalue weighted by molar-refractivity contribution is -0.122. The highest BCUT2D eigenvalue weighted by Crippen LogP contribution is 2.35. The summed E-state index contributed by atoms with van der Waals surface area (Å²) < 4.78 is 31.1. The molecule has 0 bridgehead atoms. The van der Waals surface area contributed by atoms with Gasteiger partial charge in [-0.25, -0.2) is 14.2 Å². The molecule has 0 radical (unpaired) electrons. The van der Waals surface area contributed by atoms with E-state index in [9.17, 15) is 24.2 Å². The van der Waals surface area contributed by atoms with Gasteiger partial charge in [-0.05, 0) is 63.4 Å². The first-order valence-corrected chi connectivity index (χ1v) is 16.0. The van der Waals surface area contributed by atoms with E-state index in [1.54, 1.807) is 17.0 Å². The Bertz CT molecular complexity index is 1360. The van der Waals surface area contributed by atoms with Crippen molar-refractivity contribution < 1.29 is 38.4 Å². The molecular weight excluding hydrogens is 597 g/mol. The summed E-state index contributed by atoms with van der Waals surface area (Å²) in [4.78, 5) is 38.5. The topological polar surface area (TPSA) is 128 Å². The Morgan fingerprint density at radius 2 is 1.85 bits per heavy atom. The van der Waals surface area contributed by atoms with Gasteiger partial charge in [0.05, 0.1) is 56.9 Å². The van der Waals surface area contributed by atoms with Crippen molar-refractivity contribution in [3.8, 4) is 5.88 Å². The third-order valence-corrected chi connectivity index (χ3v) is 8.98. The number of pyridine rings is 1. The van der Waals surface area contributed by atoms with Crippen LogP contribution in [0, 0.1) is 5.82 Å². The molecule has 3 aliphatic heterocycles. The van der Waals surface area contributed by atoms with Crippen LogP contribution in [0.3, 0.4) is 0 Å². The number of aliphatic hydroxyl groups excluding tert-OH is 1. The van der Waals surface area contributed by atoms with Crippen molar-refractivity contribution in [1.29, 1.82) is 0 Å². The van der Waals surface area contributed by atoms with Crippen LogP contribution in [0.4, 0.5) is 14.9 Å². The first kappa shape index (κ1) is 34.0. The summed E-state index contributed by atoms with van der Waals surface area (Å²) in [6, 6.07) is 7.20. The van der Waals surface area contributed by atoms with Gasteiger partial charge in [0.1, 0.15) is 18.1 Å². The van der Waals surface area contributed by atoms with Crippen LogP contribution in [0.1, 0.15) is 44.5 Å². The van der Waals surface area contributed by atoms with E-state index in [2.05, 4.69) is 14.8 Å². The second-order valence-electron chi connectivity index (χ2n) is 12.8. The summed E-state index contributed by atoms with van der Waals surface area (Å²) in [6.07, 6.45) is -0.501. The van der Waals surface area contributed by atoms with Crippen molar-refractivity contribution in [2.45, 2.75) is 71.0 Å². The number of piperazine rings is 1. The summed E-state index contributed by atoms with van der Waals surface area (Å²) in [6.45, 7) is 11.3. The van der Waals surface area contributed by atoms with Crippen molar-refractivity contribution in [2.24, 2.45) is 0 Å². The largest absolute Gasteiger partial charge is 0.474 e. The second kappa shape index (κ2) is 15.0. The van der Waals surface area contributed by atoms with Gasteiger partial charge in [0.2, 0.25) is 11.8 Å². The van der Waals surface area contributed by atoms with E-state index in [-0.39, 0.29) is 74.2 Å². The molecule has 5 rings (SSSR count). The number of morpholine rings is 1. The molecule has 0 spiro atoms. The highest BCUT2D eigenvalue weighted by atomic mass is 19.1. The number of hydrogen-bond acceptors (Lipinski definition) is 9. The first-order valence-electron chi connectivity index (χ1n) is 16.0. The van der Waals surface area contributed by atoms with Crippen molar-refractivity contribution in [1.82, 2.24) is 19.7 Å². The Balaban J connectivity index is 1.39. The number of rotatable bonds is 10. The van der Waals surface area contributed by atoms with Crippen LogP contribution in [0.5, 0.6) is 5.88 Å². The van der Waals surface area contributed by atoms with E-state index >= 15 is 0 Å². The van der Waals surface area contributed by atoms with Crippen LogP contribution in [-0.4, -0.2) is 131 Å². The van der Waals surface area contributed by atoms with E-state index in [1.807, 2.05) is 33.8 Å². The molecule has 2 unspecified atom stereocenters. The van der Waals surface area contributed by atoms with Gasteiger partial charge in [-0.15, -0.1) is 0 Å². The molecule has 4 atom stereocenters. The zero-order chi connectivity index (χ0) is 33.0. The Hall–Kier alpha value is -3.36. The van der Waals surface area contributed by atoms with E-state index in [0.717, 1.165) is 5.56 Å². The molecule has 252 valence electrons. The standard InChI is InChI=1S/C33H46FN5O7/c1-21(2)45-20-28-19-44-10-9-36(28)14-27-15-38(33(42)43)22(3)13-37(27)16-31(41)39-23(4)18-46-32-30(39)12-25(29(17-40)35-32)11-24-5-7-26(34)8-6-24/h5-8,12,21-23,27-28,40H,9-11,13-20H2,1-4H3,(H,42,43)/t22-,23?,27+,28?/m1/s1. The predicted molar refractivity (Wildman–Crippen MR) is 169 cm³/mol. The fraction of sp³-hybridized carbons (Fsp3) is 0.606. The zero-order valence-electron chi connectivity index (χ0n) is 27.1. The Labute approximate surface area is 269 Å². The smallest absolute Gasteiger partial charge is 0.407 e. The number of nitrogens with zero attached hydrogens (tertiary/aromatic N) is 5. The number of carbonyl (C=O) groups excluding carboxylic acids is 1. The zero-order valence-corrected chi connectivity index (χ0v) is 27.1. The van der Waals surface area contributed by atoms with Crippen LogP contribution in [0.2, 0.25) is 0 Å². The van der Waals surface area contributed by atoms with Gasteiger partial charge < -0.3 is 34.2 Å². The van der Waals surface area contributed by atoms with Gasteiger partial charge in [0, 0.05) is 38.3 Å². The third kappa shape index (κ3) is 7.95. The molecule has 2 aromatic rings. The predicted octanol–water partition coefficient (Wildman–Crippen LogP) is 2.60. The molecule has 0 saturated carbocycles. The second-order valence-corrected chi connectivity index (χ2v) is 12.8. The number of anilines is 1. The number of carboxylic acid groups (broad SMARTS) is 1. The molecule has 3 aliphatic rings. The third-order valence-electron chi connectivity index (χ3n) is 8.98. The van der Waals surface area contributed by atoms with Gasteiger partial charge in [0.25, 0.3) is 0 Å². The minimum atomic E-state index is -0.972. The summed E-state index contributed by atoms with van der Waals surface area (Å²) in [7, 11) is 0. The molecule has 4 heterocycles. The van der Waals surface area contributed by atoms with Gasteiger partial charge >= 0.3 is 6.09 Å².